The van der Waals surface area contributed by atoms with Gasteiger partial charge in [-0.2, -0.15) is 11.8 Å². The maximum Gasteiger partial charge on any atom is 0.222 e. The Bertz CT molecular complexity index is 659. The third-order valence-electron chi connectivity index (χ3n) is 5.26. The Balaban J connectivity index is 0.00000280. The fourth-order valence-electron chi connectivity index (χ4n) is 3.60. The maximum absolute atomic E-state index is 11.8. The number of amides is 1. The van der Waals surface area contributed by atoms with Crippen LogP contribution >= 0.6 is 35.7 Å². The van der Waals surface area contributed by atoms with Crippen LogP contribution in [0.15, 0.2) is 29.3 Å². The molecule has 2 N–H and O–H groups in total. The average Bonchev–Trinajstić information content (AvgIpc) is 3.28. The van der Waals surface area contributed by atoms with Crippen molar-refractivity contribution < 1.29 is 4.79 Å². The standard InChI is InChI=1S/C21H32N4OS.HI/c1-3-22-20(24-16-21(2)11-5-13-27-21)23-14-17-7-9-18(10-8-17)15-25-12-4-6-19(25)26;/h7-10H,3-6,11-16H2,1-2H3,(H2,22,23,24);1H. The van der Waals surface area contributed by atoms with Gasteiger partial charge in [-0.05, 0) is 50.0 Å². The highest BCUT2D eigenvalue weighted by atomic mass is 127. The normalized spacial score (nSPS) is 22.3. The second kappa shape index (κ2) is 11.3. The number of hydrogen-bond acceptors (Lipinski definition) is 3. The maximum atomic E-state index is 11.8. The van der Waals surface area contributed by atoms with Crippen LogP contribution in [0.5, 0.6) is 0 Å². The number of guanidine groups is 1. The molecule has 1 aromatic rings. The van der Waals surface area contributed by atoms with Crippen molar-refractivity contribution in [2.24, 2.45) is 4.99 Å². The molecule has 28 heavy (non-hydrogen) atoms. The molecule has 0 saturated carbocycles. The van der Waals surface area contributed by atoms with Crippen molar-refractivity contribution >= 4 is 47.6 Å². The smallest absolute Gasteiger partial charge is 0.222 e. The molecular weight excluding hydrogens is 483 g/mol. The van der Waals surface area contributed by atoms with Gasteiger partial charge in [0.1, 0.15) is 0 Å². The summed E-state index contributed by atoms with van der Waals surface area (Å²) in [5, 5.41) is 6.86. The van der Waals surface area contributed by atoms with Crippen molar-refractivity contribution in [3.8, 4) is 0 Å². The fourth-order valence-corrected chi connectivity index (χ4v) is 4.85. The highest BCUT2D eigenvalue weighted by Gasteiger charge is 2.29. The number of nitrogens with zero attached hydrogens (tertiary/aromatic N) is 2. The van der Waals surface area contributed by atoms with E-state index in [0.29, 0.717) is 17.7 Å². The largest absolute Gasteiger partial charge is 0.357 e. The number of likely N-dealkylation sites (tertiary alicyclic amines) is 1. The molecule has 1 amide bonds. The van der Waals surface area contributed by atoms with Gasteiger partial charge in [0.2, 0.25) is 5.91 Å². The van der Waals surface area contributed by atoms with E-state index in [2.05, 4.69) is 60.5 Å². The van der Waals surface area contributed by atoms with Crippen molar-refractivity contribution in [3.05, 3.63) is 35.4 Å². The number of aliphatic imine (C=N–C) groups is 1. The second-order valence-corrected chi connectivity index (χ2v) is 9.37. The Morgan fingerprint density at radius 1 is 1.21 bits per heavy atom. The highest BCUT2D eigenvalue weighted by Crippen LogP contribution is 2.36. The zero-order valence-corrected chi connectivity index (χ0v) is 20.1. The first-order chi connectivity index (χ1) is 13.1. The second-order valence-electron chi connectivity index (χ2n) is 7.69. The van der Waals surface area contributed by atoms with Gasteiger partial charge in [0.25, 0.3) is 0 Å². The van der Waals surface area contributed by atoms with Crippen LogP contribution in [0.1, 0.15) is 50.7 Å². The van der Waals surface area contributed by atoms with Gasteiger partial charge in [-0.25, -0.2) is 4.99 Å². The van der Waals surface area contributed by atoms with Crippen LogP contribution in [0.25, 0.3) is 0 Å². The molecule has 2 aliphatic rings. The SMILES string of the molecule is CCNC(=NCc1ccc(CN2CCCC2=O)cc1)NCC1(C)CCCS1.I. The molecule has 0 spiro atoms. The van der Waals surface area contributed by atoms with Gasteiger partial charge >= 0.3 is 0 Å². The van der Waals surface area contributed by atoms with Gasteiger partial charge in [0.05, 0.1) is 6.54 Å². The first kappa shape index (κ1) is 23.3. The number of hydrogen-bond donors (Lipinski definition) is 2. The lowest BCUT2D eigenvalue weighted by atomic mass is 10.1. The van der Waals surface area contributed by atoms with Crippen molar-refractivity contribution in [2.45, 2.75) is 57.4 Å². The first-order valence-electron chi connectivity index (χ1n) is 10.1. The quantitative estimate of drug-likeness (QED) is 0.329. The molecule has 0 aromatic heterocycles. The molecule has 156 valence electrons. The molecule has 7 heteroatoms. The Kier molecular flexibility index (Phi) is 9.40. The van der Waals surface area contributed by atoms with Gasteiger partial charge in [0.15, 0.2) is 5.96 Å². The van der Waals surface area contributed by atoms with Crippen LogP contribution in [0, 0.1) is 0 Å². The van der Waals surface area contributed by atoms with E-state index >= 15 is 0 Å². The Morgan fingerprint density at radius 2 is 1.96 bits per heavy atom. The van der Waals surface area contributed by atoms with E-state index < -0.39 is 0 Å². The van der Waals surface area contributed by atoms with E-state index in [4.69, 9.17) is 4.99 Å². The first-order valence-corrected chi connectivity index (χ1v) is 11.1. The number of thioether (sulfide) groups is 1. The summed E-state index contributed by atoms with van der Waals surface area (Å²) in [6, 6.07) is 8.48. The molecule has 2 aliphatic heterocycles. The summed E-state index contributed by atoms with van der Waals surface area (Å²) >= 11 is 2.06. The van der Waals surface area contributed by atoms with Gasteiger partial charge in [0, 0.05) is 37.3 Å². The molecule has 0 radical (unpaired) electrons. The van der Waals surface area contributed by atoms with E-state index in [1.165, 1.54) is 29.7 Å². The highest BCUT2D eigenvalue weighted by molar-refractivity contribution is 14.0. The van der Waals surface area contributed by atoms with Crippen molar-refractivity contribution in [1.82, 2.24) is 15.5 Å². The number of benzene rings is 1. The Hall–Kier alpha value is -0.960. The Labute approximate surface area is 190 Å². The van der Waals surface area contributed by atoms with E-state index in [1.54, 1.807) is 0 Å². The van der Waals surface area contributed by atoms with Gasteiger partial charge < -0.3 is 15.5 Å². The third-order valence-corrected chi connectivity index (χ3v) is 6.80. The number of carbonyl (C=O) groups is 1. The summed E-state index contributed by atoms with van der Waals surface area (Å²) < 4.78 is 0.324. The molecule has 1 atom stereocenters. The average molecular weight is 516 g/mol. The summed E-state index contributed by atoms with van der Waals surface area (Å²) in [5.41, 5.74) is 2.37. The number of nitrogens with one attached hydrogen (secondary N) is 2. The molecule has 0 bridgehead atoms. The fraction of sp³-hybridized carbons (Fsp3) is 0.619. The summed E-state index contributed by atoms with van der Waals surface area (Å²) in [6.07, 6.45) is 4.27. The van der Waals surface area contributed by atoms with Gasteiger partial charge in [-0.3, -0.25) is 4.79 Å². The number of halogens is 1. The Morgan fingerprint density at radius 3 is 2.57 bits per heavy atom. The minimum absolute atomic E-state index is 0. The van der Waals surface area contributed by atoms with E-state index in [0.717, 1.165) is 38.6 Å². The zero-order chi connectivity index (χ0) is 19.1. The molecule has 3 rings (SSSR count). The predicted octanol–water partition coefficient (Wildman–Crippen LogP) is 3.77. The lowest BCUT2D eigenvalue weighted by Crippen LogP contribution is -2.43. The summed E-state index contributed by atoms with van der Waals surface area (Å²) in [7, 11) is 0. The molecule has 0 aliphatic carbocycles. The predicted molar refractivity (Wildman–Crippen MR) is 129 cm³/mol. The van der Waals surface area contributed by atoms with Crippen LogP contribution in [-0.4, -0.2) is 46.9 Å². The van der Waals surface area contributed by atoms with Crippen LogP contribution < -0.4 is 10.6 Å². The van der Waals surface area contributed by atoms with Gasteiger partial charge in [-0.1, -0.05) is 24.3 Å². The van der Waals surface area contributed by atoms with E-state index in [1.807, 2.05) is 4.90 Å². The minimum atomic E-state index is 0. The molecule has 2 fully saturated rings. The number of rotatable bonds is 7. The summed E-state index contributed by atoms with van der Waals surface area (Å²) in [4.78, 5) is 18.4. The molecule has 1 unspecified atom stereocenters. The van der Waals surface area contributed by atoms with Crippen LogP contribution in [0.2, 0.25) is 0 Å². The van der Waals surface area contributed by atoms with Crippen LogP contribution in [0.3, 0.4) is 0 Å². The van der Waals surface area contributed by atoms with Crippen molar-refractivity contribution in [3.63, 3.8) is 0 Å². The number of carbonyl (C=O) groups excluding carboxylic acids is 1. The monoisotopic (exact) mass is 516 g/mol. The zero-order valence-electron chi connectivity index (χ0n) is 17.0. The summed E-state index contributed by atoms with van der Waals surface area (Å²) in [6.45, 7) is 8.51. The lowest BCUT2D eigenvalue weighted by Gasteiger charge is -2.24. The minimum Gasteiger partial charge on any atom is -0.357 e. The van der Waals surface area contributed by atoms with Crippen molar-refractivity contribution in [1.29, 1.82) is 0 Å². The molecule has 2 saturated heterocycles. The third kappa shape index (κ3) is 6.83. The molecule has 1 aromatic carbocycles. The summed E-state index contributed by atoms with van der Waals surface area (Å²) in [5.74, 6) is 2.43. The lowest BCUT2D eigenvalue weighted by molar-refractivity contribution is -0.128. The molecular formula is C21H33IN4OS. The van der Waals surface area contributed by atoms with Crippen molar-refractivity contribution in [2.75, 3.05) is 25.4 Å². The van der Waals surface area contributed by atoms with E-state index in [-0.39, 0.29) is 29.9 Å². The molecule has 2 heterocycles. The van der Waals surface area contributed by atoms with E-state index in [9.17, 15) is 4.79 Å². The topological polar surface area (TPSA) is 56.7 Å². The van der Waals surface area contributed by atoms with Crippen LogP contribution in [-0.2, 0) is 17.9 Å². The van der Waals surface area contributed by atoms with Gasteiger partial charge in [-0.15, -0.1) is 24.0 Å². The van der Waals surface area contributed by atoms with Crippen LogP contribution in [0.4, 0.5) is 0 Å². The molecule has 5 nitrogen and oxygen atoms in total.